The molecule has 100 valence electrons. The molecule has 4 nitrogen and oxygen atoms in total. The number of nitrogens with zero attached hydrogens (tertiary/aromatic N) is 2. The van der Waals surface area contributed by atoms with E-state index < -0.39 is 5.97 Å². The van der Waals surface area contributed by atoms with Crippen LogP contribution in [0.1, 0.15) is 50.1 Å². The van der Waals surface area contributed by atoms with Gasteiger partial charge in [0.15, 0.2) is 0 Å². The van der Waals surface area contributed by atoms with Crippen molar-refractivity contribution in [2.24, 2.45) is 0 Å². The summed E-state index contributed by atoms with van der Waals surface area (Å²) in [7, 11) is 0. The van der Waals surface area contributed by atoms with E-state index in [1.807, 2.05) is 11.6 Å². The van der Waals surface area contributed by atoms with Crippen LogP contribution in [0.4, 0.5) is 0 Å². The second kappa shape index (κ2) is 6.29. The summed E-state index contributed by atoms with van der Waals surface area (Å²) in [6.07, 6.45) is 6.40. The van der Waals surface area contributed by atoms with Crippen LogP contribution in [0.3, 0.4) is 0 Å². The number of piperidine rings is 1. The van der Waals surface area contributed by atoms with E-state index in [2.05, 4.69) is 16.8 Å². The molecular formula is C13H20N2O2S. The Morgan fingerprint density at radius 3 is 3.17 bits per heavy atom. The zero-order chi connectivity index (χ0) is 13.0. The molecule has 2 rings (SSSR count). The first-order valence-electron chi connectivity index (χ1n) is 6.55. The minimum atomic E-state index is -0.692. The van der Waals surface area contributed by atoms with Crippen LogP contribution < -0.4 is 0 Å². The van der Waals surface area contributed by atoms with Crippen LogP contribution in [0, 0.1) is 0 Å². The van der Waals surface area contributed by atoms with Crippen molar-refractivity contribution in [3.63, 3.8) is 0 Å². The molecule has 1 aliphatic rings. The lowest BCUT2D eigenvalue weighted by molar-refractivity contribution is -0.137. The largest absolute Gasteiger partial charge is 0.481 e. The Morgan fingerprint density at radius 1 is 1.67 bits per heavy atom. The van der Waals surface area contributed by atoms with E-state index in [-0.39, 0.29) is 6.42 Å². The summed E-state index contributed by atoms with van der Waals surface area (Å²) in [5.41, 5.74) is 0. The molecule has 0 aromatic carbocycles. The normalized spacial score (nSPS) is 22.8. The number of thiazole rings is 1. The maximum absolute atomic E-state index is 10.7. The van der Waals surface area contributed by atoms with Crippen molar-refractivity contribution in [3.05, 3.63) is 16.6 Å². The van der Waals surface area contributed by atoms with Gasteiger partial charge in [-0.05, 0) is 32.7 Å². The number of carboxylic acids is 1. The highest BCUT2D eigenvalue weighted by Crippen LogP contribution is 2.31. The topological polar surface area (TPSA) is 53.4 Å². The van der Waals surface area contributed by atoms with Gasteiger partial charge in [-0.2, -0.15) is 0 Å². The Morgan fingerprint density at radius 2 is 2.50 bits per heavy atom. The van der Waals surface area contributed by atoms with E-state index in [0.29, 0.717) is 12.1 Å². The highest BCUT2D eigenvalue weighted by molar-refractivity contribution is 7.09. The van der Waals surface area contributed by atoms with E-state index >= 15 is 0 Å². The molecule has 1 fully saturated rings. The summed E-state index contributed by atoms with van der Waals surface area (Å²) < 4.78 is 0. The van der Waals surface area contributed by atoms with Gasteiger partial charge in [0, 0.05) is 24.0 Å². The molecule has 0 bridgehead atoms. The smallest absolute Gasteiger partial charge is 0.303 e. The Bertz CT molecular complexity index is 380. The summed E-state index contributed by atoms with van der Waals surface area (Å²) in [6, 6.07) is 0.706. The van der Waals surface area contributed by atoms with E-state index in [0.717, 1.165) is 24.4 Å². The molecule has 1 aliphatic heterocycles. The van der Waals surface area contributed by atoms with Gasteiger partial charge in [0.1, 0.15) is 5.01 Å². The quantitative estimate of drug-likeness (QED) is 0.892. The molecule has 18 heavy (non-hydrogen) atoms. The molecule has 1 aromatic rings. The van der Waals surface area contributed by atoms with Crippen LogP contribution in [0.25, 0.3) is 0 Å². The lowest BCUT2D eigenvalue weighted by Gasteiger charge is -2.39. The Balaban J connectivity index is 2.00. The highest BCUT2D eigenvalue weighted by Gasteiger charge is 2.28. The van der Waals surface area contributed by atoms with Gasteiger partial charge < -0.3 is 5.11 Å². The SMILES string of the molecule is CC(c1nccs1)N1CCCCC1CCC(=O)O. The molecule has 1 N–H and O–H groups in total. The molecular weight excluding hydrogens is 248 g/mol. The van der Waals surface area contributed by atoms with Crippen LogP contribution in [-0.4, -0.2) is 33.5 Å². The van der Waals surface area contributed by atoms with E-state index in [1.54, 1.807) is 11.3 Å². The van der Waals surface area contributed by atoms with Crippen LogP contribution in [0.2, 0.25) is 0 Å². The predicted octanol–water partition coefficient (Wildman–Crippen LogP) is 2.92. The first-order valence-corrected chi connectivity index (χ1v) is 7.43. The van der Waals surface area contributed by atoms with Gasteiger partial charge in [0.25, 0.3) is 0 Å². The second-order valence-corrected chi connectivity index (χ2v) is 5.79. The Kier molecular flexibility index (Phi) is 4.72. The summed E-state index contributed by atoms with van der Waals surface area (Å²) in [5, 5.41) is 12.0. The van der Waals surface area contributed by atoms with Crippen molar-refractivity contribution in [1.29, 1.82) is 0 Å². The standard InChI is InChI=1S/C13H20N2O2S/c1-10(13-14-7-9-18-13)15-8-3-2-4-11(15)5-6-12(16)17/h7,9-11H,2-6,8H2,1H3,(H,16,17). The number of hydrogen-bond donors (Lipinski definition) is 1. The Labute approximate surface area is 112 Å². The monoisotopic (exact) mass is 268 g/mol. The van der Waals surface area contributed by atoms with Crippen molar-refractivity contribution in [2.75, 3.05) is 6.54 Å². The molecule has 2 unspecified atom stereocenters. The minimum Gasteiger partial charge on any atom is -0.481 e. The third-order valence-corrected chi connectivity index (χ3v) is 4.62. The van der Waals surface area contributed by atoms with Crippen molar-refractivity contribution >= 4 is 17.3 Å². The third-order valence-electron chi connectivity index (χ3n) is 3.67. The Hall–Kier alpha value is -0.940. The fourth-order valence-electron chi connectivity index (χ4n) is 2.72. The second-order valence-electron chi connectivity index (χ2n) is 4.87. The van der Waals surface area contributed by atoms with Crippen LogP contribution >= 0.6 is 11.3 Å². The zero-order valence-electron chi connectivity index (χ0n) is 10.7. The fourth-order valence-corrected chi connectivity index (χ4v) is 3.43. The zero-order valence-corrected chi connectivity index (χ0v) is 11.5. The van der Waals surface area contributed by atoms with E-state index in [9.17, 15) is 4.79 Å². The maximum atomic E-state index is 10.7. The van der Waals surface area contributed by atoms with Gasteiger partial charge in [0.05, 0.1) is 6.04 Å². The number of hydrogen-bond acceptors (Lipinski definition) is 4. The molecule has 0 amide bonds. The van der Waals surface area contributed by atoms with Crippen LogP contribution in [-0.2, 0) is 4.79 Å². The van der Waals surface area contributed by atoms with Gasteiger partial charge in [-0.1, -0.05) is 6.42 Å². The third kappa shape index (κ3) is 3.29. The lowest BCUT2D eigenvalue weighted by Crippen LogP contribution is -2.41. The lowest BCUT2D eigenvalue weighted by atomic mass is 9.96. The van der Waals surface area contributed by atoms with Crippen molar-refractivity contribution < 1.29 is 9.90 Å². The summed E-state index contributed by atoms with van der Waals surface area (Å²) in [4.78, 5) is 17.5. The highest BCUT2D eigenvalue weighted by atomic mass is 32.1. The molecule has 1 saturated heterocycles. The number of rotatable bonds is 5. The summed E-state index contributed by atoms with van der Waals surface area (Å²) in [5.74, 6) is -0.692. The molecule has 0 aliphatic carbocycles. The molecule has 0 spiro atoms. The van der Waals surface area contributed by atoms with Crippen LogP contribution in [0.5, 0.6) is 0 Å². The van der Waals surface area contributed by atoms with E-state index in [4.69, 9.17) is 5.11 Å². The molecule has 2 atom stereocenters. The minimum absolute atomic E-state index is 0.270. The number of aromatic nitrogens is 1. The average Bonchev–Trinajstić information content (AvgIpc) is 2.89. The van der Waals surface area contributed by atoms with Crippen molar-refractivity contribution in [2.45, 2.75) is 51.1 Å². The molecule has 2 heterocycles. The predicted molar refractivity (Wildman–Crippen MR) is 71.7 cm³/mol. The van der Waals surface area contributed by atoms with Gasteiger partial charge in [-0.25, -0.2) is 4.98 Å². The van der Waals surface area contributed by atoms with E-state index in [1.165, 1.54) is 12.8 Å². The average molecular weight is 268 g/mol. The number of aliphatic carboxylic acids is 1. The molecule has 0 saturated carbocycles. The number of carbonyl (C=O) groups is 1. The van der Waals surface area contributed by atoms with Gasteiger partial charge in [-0.15, -0.1) is 11.3 Å². The fraction of sp³-hybridized carbons (Fsp3) is 0.692. The molecule has 1 aromatic heterocycles. The van der Waals surface area contributed by atoms with Gasteiger partial charge in [-0.3, -0.25) is 9.69 Å². The van der Waals surface area contributed by atoms with Crippen molar-refractivity contribution in [3.8, 4) is 0 Å². The van der Waals surface area contributed by atoms with Gasteiger partial charge in [0.2, 0.25) is 0 Å². The van der Waals surface area contributed by atoms with Crippen LogP contribution in [0.15, 0.2) is 11.6 Å². The number of carboxylic acid groups (broad SMARTS) is 1. The summed E-state index contributed by atoms with van der Waals surface area (Å²) >= 11 is 1.68. The van der Waals surface area contributed by atoms with Crippen molar-refractivity contribution in [1.82, 2.24) is 9.88 Å². The molecule has 0 radical (unpaired) electrons. The van der Waals surface area contributed by atoms with Gasteiger partial charge >= 0.3 is 5.97 Å². The molecule has 5 heteroatoms. The maximum Gasteiger partial charge on any atom is 0.303 e. The first-order chi connectivity index (χ1) is 8.68. The summed E-state index contributed by atoms with van der Waals surface area (Å²) in [6.45, 7) is 3.24. The first kappa shape index (κ1) is 13.5. The number of likely N-dealkylation sites (tertiary alicyclic amines) is 1.